The van der Waals surface area contributed by atoms with Gasteiger partial charge in [-0.05, 0) is 25.5 Å². The summed E-state index contributed by atoms with van der Waals surface area (Å²) >= 11 is 24.3. The summed E-state index contributed by atoms with van der Waals surface area (Å²) in [4.78, 5) is 14.6. The van der Waals surface area contributed by atoms with E-state index in [4.69, 9.17) is 55.9 Å². The van der Waals surface area contributed by atoms with E-state index in [0.29, 0.717) is 13.2 Å². The van der Waals surface area contributed by atoms with E-state index in [1.807, 2.05) is 0 Å². The number of anilines is 1. The van der Waals surface area contributed by atoms with Gasteiger partial charge in [0.15, 0.2) is 6.29 Å². The van der Waals surface area contributed by atoms with Gasteiger partial charge in [-0.15, -0.1) is 0 Å². The highest BCUT2D eigenvalue weighted by molar-refractivity contribution is 6.50. The molecule has 2 saturated heterocycles. The number of benzene rings is 1. The zero-order chi connectivity index (χ0) is 18.0. The summed E-state index contributed by atoms with van der Waals surface area (Å²) in [7, 11) is 0. The first kappa shape index (κ1) is 19.5. The van der Waals surface area contributed by atoms with Gasteiger partial charge in [-0.1, -0.05) is 52.8 Å². The van der Waals surface area contributed by atoms with Gasteiger partial charge in [-0.25, -0.2) is 0 Å². The maximum Gasteiger partial charge on any atom is 0.238 e. The second-order valence-electron chi connectivity index (χ2n) is 6.03. The maximum absolute atomic E-state index is 12.5. The molecule has 2 heterocycles. The van der Waals surface area contributed by atoms with Gasteiger partial charge >= 0.3 is 0 Å². The van der Waals surface area contributed by atoms with Gasteiger partial charge in [0.1, 0.15) is 0 Å². The number of carbonyl (C=O) groups is 1. The Bertz CT molecular complexity index is 627. The van der Waals surface area contributed by atoms with Crippen LogP contribution in [0.1, 0.15) is 19.3 Å². The molecule has 3 rings (SSSR count). The third-order valence-corrected chi connectivity index (χ3v) is 5.92. The molecule has 25 heavy (non-hydrogen) atoms. The van der Waals surface area contributed by atoms with E-state index < -0.39 is 0 Å². The number of amides is 1. The maximum atomic E-state index is 12.5. The molecule has 1 aromatic carbocycles. The molecule has 1 amide bonds. The van der Waals surface area contributed by atoms with Crippen molar-refractivity contribution < 1.29 is 14.3 Å². The third-order valence-electron chi connectivity index (χ3n) is 4.35. The molecule has 138 valence electrons. The molecule has 0 bridgehead atoms. The van der Waals surface area contributed by atoms with Crippen LogP contribution in [0.25, 0.3) is 0 Å². The van der Waals surface area contributed by atoms with Crippen LogP contribution in [-0.2, 0) is 14.3 Å². The Hall–Kier alpha value is -0.270. The van der Waals surface area contributed by atoms with Crippen LogP contribution in [-0.4, -0.2) is 49.4 Å². The molecule has 1 atom stereocenters. The largest absolute Gasteiger partial charge is 0.349 e. The highest BCUT2D eigenvalue weighted by Gasteiger charge is 2.34. The van der Waals surface area contributed by atoms with Crippen molar-refractivity contribution in [3.8, 4) is 0 Å². The lowest BCUT2D eigenvalue weighted by atomic mass is 10.0. The fraction of sp³-hybridized carbons (Fsp3) is 0.562. The number of piperidine rings is 1. The number of halogens is 4. The van der Waals surface area contributed by atoms with E-state index in [9.17, 15) is 4.79 Å². The van der Waals surface area contributed by atoms with Crippen LogP contribution in [0.5, 0.6) is 0 Å². The predicted molar refractivity (Wildman–Crippen MR) is 100 cm³/mol. The Morgan fingerprint density at radius 3 is 2.40 bits per heavy atom. The van der Waals surface area contributed by atoms with Crippen molar-refractivity contribution in [1.29, 1.82) is 0 Å². The standard InChI is InChI=1S/C16H18Cl4N2O3/c17-9-7-10(18)14(20)15(13(9)19)21-12(23)8-22-4-2-1-3-11(22)16-24-5-6-25-16/h7,11,16H,1-6,8H2,(H,21,23). The number of rotatable bonds is 4. The summed E-state index contributed by atoms with van der Waals surface area (Å²) in [5, 5.41) is 3.52. The molecule has 1 N–H and O–H groups in total. The molecule has 5 nitrogen and oxygen atoms in total. The normalized spacial score (nSPS) is 22.3. The number of nitrogens with one attached hydrogen (secondary N) is 1. The number of hydrogen-bond acceptors (Lipinski definition) is 4. The topological polar surface area (TPSA) is 50.8 Å². The zero-order valence-corrected chi connectivity index (χ0v) is 16.4. The monoisotopic (exact) mass is 426 g/mol. The average molecular weight is 428 g/mol. The van der Waals surface area contributed by atoms with Crippen molar-refractivity contribution in [2.75, 3.05) is 31.6 Å². The lowest BCUT2D eigenvalue weighted by molar-refractivity contribution is -0.127. The molecule has 0 radical (unpaired) electrons. The van der Waals surface area contributed by atoms with Crippen molar-refractivity contribution in [2.45, 2.75) is 31.6 Å². The van der Waals surface area contributed by atoms with E-state index >= 15 is 0 Å². The van der Waals surface area contributed by atoms with Crippen LogP contribution in [0.3, 0.4) is 0 Å². The lowest BCUT2D eigenvalue weighted by Gasteiger charge is -2.37. The third kappa shape index (κ3) is 4.53. The van der Waals surface area contributed by atoms with E-state index in [1.54, 1.807) is 0 Å². The Labute approximate surface area is 166 Å². The van der Waals surface area contributed by atoms with Crippen molar-refractivity contribution >= 4 is 58.0 Å². The molecule has 1 aromatic rings. The fourth-order valence-electron chi connectivity index (χ4n) is 3.17. The van der Waals surface area contributed by atoms with E-state index in [2.05, 4.69) is 10.2 Å². The van der Waals surface area contributed by atoms with Crippen molar-refractivity contribution in [3.05, 3.63) is 26.2 Å². The van der Waals surface area contributed by atoms with Gasteiger partial charge in [0, 0.05) is 0 Å². The van der Waals surface area contributed by atoms with Gasteiger partial charge < -0.3 is 14.8 Å². The average Bonchev–Trinajstić information content (AvgIpc) is 3.12. The number of ether oxygens (including phenoxy) is 2. The van der Waals surface area contributed by atoms with Gasteiger partial charge in [-0.3, -0.25) is 9.69 Å². The number of nitrogens with zero attached hydrogens (tertiary/aromatic N) is 1. The van der Waals surface area contributed by atoms with Crippen molar-refractivity contribution in [1.82, 2.24) is 4.90 Å². The SMILES string of the molecule is O=C(CN1CCCCC1C1OCCO1)Nc1c(Cl)c(Cl)cc(Cl)c1Cl. The Kier molecular flexibility index (Phi) is 6.71. The van der Waals surface area contributed by atoms with Gasteiger partial charge in [0.2, 0.25) is 5.91 Å². The summed E-state index contributed by atoms with van der Waals surface area (Å²) in [6.45, 7) is 2.17. The number of carbonyl (C=O) groups excluding carboxylic acids is 1. The predicted octanol–water partition coefficient (Wildman–Crippen LogP) is 4.47. The molecule has 0 spiro atoms. The Balaban J connectivity index is 1.69. The van der Waals surface area contributed by atoms with Crippen LogP contribution in [0.15, 0.2) is 6.07 Å². The van der Waals surface area contributed by atoms with Crippen LogP contribution >= 0.6 is 46.4 Å². The highest BCUT2D eigenvalue weighted by Crippen LogP contribution is 2.41. The van der Waals surface area contributed by atoms with E-state index in [-0.39, 0.29) is 50.6 Å². The van der Waals surface area contributed by atoms with Crippen LogP contribution < -0.4 is 5.32 Å². The molecule has 1 unspecified atom stereocenters. The molecule has 2 aliphatic heterocycles. The number of likely N-dealkylation sites (tertiary alicyclic amines) is 1. The summed E-state index contributed by atoms with van der Waals surface area (Å²) in [6.07, 6.45) is 2.78. The zero-order valence-electron chi connectivity index (χ0n) is 13.4. The van der Waals surface area contributed by atoms with Crippen LogP contribution in [0, 0.1) is 0 Å². The summed E-state index contributed by atoms with van der Waals surface area (Å²) in [5.74, 6) is -0.243. The Morgan fingerprint density at radius 2 is 1.76 bits per heavy atom. The number of hydrogen-bond donors (Lipinski definition) is 1. The molecule has 0 saturated carbocycles. The fourth-order valence-corrected chi connectivity index (χ4v) is 4.07. The van der Waals surface area contributed by atoms with Gasteiger partial charge in [0.05, 0.1) is 51.6 Å². The van der Waals surface area contributed by atoms with Crippen molar-refractivity contribution in [2.24, 2.45) is 0 Å². The molecular formula is C16H18Cl4N2O3. The van der Waals surface area contributed by atoms with Gasteiger partial charge in [0.25, 0.3) is 0 Å². The van der Waals surface area contributed by atoms with Crippen LogP contribution in [0.2, 0.25) is 20.1 Å². The molecule has 9 heteroatoms. The molecule has 0 aromatic heterocycles. The molecule has 2 fully saturated rings. The molecule has 0 aliphatic carbocycles. The summed E-state index contributed by atoms with van der Waals surface area (Å²) in [6, 6.07) is 1.51. The summed E-state index contributed by atoms with van der Waals surface area (Å²) < 4.78 is 11.2. The molecular weight excluding hydrogens is 410 g/mol. The van der Waals surface area contributed by atoms with Crippen LogP contribution in [0.4, 0.5) is 5.69 Å². The minimum Gasteiger partial charge on any atom is -0.349 e. The van der Waals surface area contributed by atoms with Crippen molar-refractivity contribution in [3.63, 3.8) is 0 Å². The Morgan fingerprint density at radius 1 is 1.12 bits per heavy atom. The highest BCUT2D eigenvalue weighted by atomic mass is 35.5. The van der Waals surface area contributed by atoms with Gasteiger partial charge in [-0.2, -0.15) is 0 Å². The molecule has 2 aliphatic rings. The minimum absolute atomic E-state index is 0.0656. The quantitative estimate of drug-likeness (QED) is 0.720. The lowest BCUT2D eigenvalue weighted by Crippen LogP contribution is -2.50. The smallest absolute Gasteiger partial charge is 0.238 e. The second-order valence-corrected chi connectivity index (χ2v) is 7.61. The van der Waals surface area contributed by atoms with E-state index in [1.165, 1.54) is 6.07 Å². The first-order chi connectivity index (χ1) is 12.0. The minimum atomic E-state index is -0.277. The first-order valence-corrected chi connectivity index (χ1v) is 9.58. The van der Waals surface area contributed by atoms with E-state index in [0.717, 1.165) is 25.8 Å². The summed E-state index contributed by atoms with van der Waals surface area (Å²) in [5.41, 5.74) is 0.229. The second kappa shape index (κ2) is 8.61. The first-order valence-electron chi connectivity index (χ1n) is 8.07.